The first kappa shape index (κ1) is 7.41. The highest BCUT2D eigenvalue weighted by atomic mass is 32.1. The molecule has 0 saturated carbocycles. The number of rotatable bonds is 2. The summed E-state index contributed by atoms with van der Waals surface area (Å²) in [5, 5.41) is 5.59. The predicted molar refractivity (Wildman–Crippen MR) is 48.2 cm³/mol. The van der Waals surface area contributed by atoms with Crippen LogP contribution in [0.5, 0.6) is 0 Å². The third-order valence-electron chi connectivity index (χ3n) is 1.28. The van der Waals surface area contributed by atoms with Crippen LogP contribution in [0.25, 0.3) is 0 Å². The molecule has 0 aromatic carbocycles. The van der Waals surface area contributed by atoms with E-state index in [0.29, 0.717) is 0 Å². The zero-order chi connectivity index (χ0) is 7.56. The minimum atomic E-state index is 1.21. The average Bonchev–Trinajstić information content (AvgIpc) is 2.34. The van der Waals surface area contributed by atoms with Crippen molar-refractivity contribution in [3.05, 3.63) is 12.1 Å². The fourth-order valence-corrected chi connectivity index (χ4v) is 1.48. The van der Waals surface area contributed by atoms with Crippen LogP contribution in [0.4, 0.5) is 10.0 Å². The molecular weight excluding hydrogens is 144 g/mol. The SMILES string of the molecule is CNc1ccc(N(C)C)s1. The van der Waals surface area contributed by atoms with Crippen LogP contribution in [0.1, 0.15) is 0 Å². The van der Waals surface area contributed by atoms with Crippen LogP contribution in [0, 0.1) is 0 Å². The van der Waals surface area contributed by atoms with E-state index in [1.165, 1.54) is 10.0 Å². The van der Waals surface area contributed by atoms with E-state index >= 15 is 0 Å². The highest BCUT2D eigenvalue weighted by Crippen LogP contribution is 2.27. The summed E-state index contributed by atoms with van der Waals surface area (Å²) in [7, 11) is 6.03. The Morgan fingerprint density at radius 1 is 1.40 bits per heavy atom. The second-order valence-corrected chi connectivity index (χ2v) is 3.34. The molecule has 1 rings (SSSR count). The number of nitrogens with one attached hydrogen (secondary N) is 1. The lowest BCUT2D eigenvalue weighted by molar-refractivity contribution is 1.16. The van der Waals surface area contributed by atoms with Crippen molar-refractivity contribution in [2.75, 3.05) is 31.4 Å². The third-order valence-corrected chi connectivity index (χ3v) is 2.55. The summed E-state index contributed by atoms with van der Waals surface area (Å²) in [4.78, 5) is 2.10. The van der Waals surface area contributed by atoms with E-state index < -0.39 is 0 Å². The van der Waals surface area contributed by atoms with Crippen LogP contribution in [0.3, 0.4) is 0 Å². The molecule has 0 bridgehead atoms. The maximum atomic E-state index is 3.09. The monoisotopic (exact) mass is 156 g/mol. The molecule has 0 saturated heterocycles. The van der Waals surface area contributed by atoms with E-state index in [1.807, 2.05) is 21.1 Å². The lowest BCUT2D eigenvalue weighted by Gasteiger charge is -2.06. The van der Waals surface area contributed by atoms with Crippen molar-refractivity contribution in [1.82, 2.24) is 0 Å². The molecule has 0 unspecified atom stereocenters. The van der Waals surface area contributed by atoms with Gasteiger partial charge in [0.1, 0.15) is 0 Å². The number of thiophene rings is 1. The van der Waals surface area contributed by atoms with Gasteiger partial charge in [-0.3, -0.25) is 0 Å². The Morgan fingerprint density at radius 2 is 2.10 bits per heavy atom. The molecule has 0 aliphatic heterocycles. The Kier molecular flexibility index (Phi) is 2.17. The van der Waals surface area contributed by atoms with E-state index in [4.69, 9.17) is 0 Å². The van der Waals surface area contributed by atoms with Crippen molar-refractivity contribution in [2.45, 2.75) is 0 Å². The highest BCUT2D eigenvalue weighted by Gasteiger charge is 1.97. The molecule has 0 fully saturated rings. The molecule has 0 spiro atoms. The highest BCUT2D eigenvalue weighted by molar-refractivity contribution is 7.19. The zero-order valence-electron chi connectivity index (χ0n) is 6.51. The first-order valence-corrected chi connectivity index (χ1v) is 4.00. The van der Waals surface area contributed by atoms with Gasteiger partial charge in [-0.2, -0.15) is 0 Å². The molecule has 0 atom stereocenters. The summed E-state index contributed by atoms with van der Waals surface area (Å²) in [6.07, 6.45) is 0. The fourth-order valence-electron chi connectivity index (χ4n) is 0.702. The summed E-state index contributed by atoms with van der Waals surface area (Å²) in [6, 6.07) is 4.19. The van der Waals surface area contributed by atoms with Gasteiger partial charge in [0.25, 0.3) is 0 Å². The number of hydrogen-bond donors (Lipinski definition) is 1. The second kappa shape index (κ2) is 2.92. The quantitative estimate of drug-likeness (QED) is 0.703. The lowest BCUT2D eigenvalue weighted by atomic mass is 10.6. The van der Waals surface area contributed by atoms with Gasteiger partial charge in [0.05, 0.1) is 10.0 Å². The smallest absolute Gasteiger partial charge is 0.0924 e. The largest absolute Gasteiger partial charge is 0.380 e. The van der Waals surface area contributed by atoms with E-state index in [9.17, 15) is 0 Å². The van der Waals surface area contributed by atoms with Gasteiger partial charge in [-0.15, -0.1) is 11.3 Å². The van der Waals surface area contributed by atoms with Crippen molar-refractivity contribution >= 4 is 21.3 Å². The van der Waals surface area contributed by atoms with E-state index in [-0.39, 0.29) is 0 Å². The second-order valence-electron chi connectivity index (χ2n) is 2.28. The van der Waals surface area contributed by atoms with Gasteiger partial charge in [-0.1, -0.05) is 0 Å². The van der Waals surface area contributed by atoms with Gasteiger partial charge >= 0.3 is 0 Å². The molecule has 3 heteroatoms. The molecule has 10 heavy (non-hydrogen) atoms. The minimum absolute atomic E-state index is 1.21. The molecule has 0 amide bonds. The van der Waals surface area contributed by atoms with Crippen molar-refractivity contribution in [2.24, 2.45) is 0 Å². The maximum absolute atomic E-state index is 3.09. The number of nitrogens with zero attached hydrogens (tertiary/aromatic N) is 1. The van der Waals surface area contributed by atoms with Gasteiger partial charge in [0.15, 0.2) is 0 Å². The summed E-state index contributed by atoms with van der Waals surface area (Å²) in [5.74, 6) is 0. The molecule has 1 aromatic rings. The normalized spacial score (nSPS) is 9.50. The number of hydrogen-bond acceptors (Lipinski definition) is 3. The van der Waals surface area contributed by atoms with Gasteiger partial charge < -0.3 is 10.2 Å². The van der Waals surface area contributed by atoms with Crippen LogP contribution < -0.4 is 10.2 Å². The van der Waals surface area contributed by atoms with Gasteiger partial charge in [0.2, 0.25) is 0 Å². The van der Waals surface area contributed by atoms with Gasteiger partial charge in [-0.25, -0.2) is 0 Å². The van der Waals surface area contributed by atoms with Crippen molar-refractivity contribution in [3.8, 4) is 0 Å². The first-order chi connectivity index (χ1) is 4.74. The Bertz CT molecular complexity index is 205. The van der Waals surface area contributed by atoms with Crippen molar-refractivity contribution in [3.63, 3.8) is 0 Å². The van der Waals surface area contributed by atoms with E-state index in [2.05, 4.69) is 22.3 Å². The molecule has 0 aliphatic rings. The minimum Gasteiger partial charge on any atom is -0.380 e. The maximum Gasteiger partial charge on any atom is 0.0924 e. The summed E-state index contributed by atoms with van der Waals surface area (Å²) >= 11 is 1.76. The summed E-state index contributed by atoms with van der Waals surface area (Å²) in [5.41, 5.74) is 0. The molecule has 1 N–H and O–H groups in total. The Labute approximate surface area is 65.5 Å². The Balaban J connectivity index is 2.78. The van der Waals surface area contributed by atoms with E-state index in [0.717, 1.165) is 0 Å². The van der Waals surface area contributed by atoms with Crippen LogP contribution in [0.15, 0.2) is 12.1 Å². The summed E-state index contributed by atoms with van der Waals surface area (Å²) < 4.78 is 0. The Morgan fingerprint density at radius 3 is 2.40 bits per heavy atom. The fraction of sp³-hybridized carbons (Fsp3) is 0.429. The zero-order valence-corrected chi connectivity index (χ0v) is 7.33. The molecule has 0 aliphatic carbocycles. The molecule has 56 valence electrons. The average molecular weight is 156 g/mol. The molecule has 1 aromatic heterocycles. The molecule has 2 nitrogen and oxygen atoms in total. The van der Waals surface area contributed by atoms with E-state index in [1.54, 1.807) is 11.3 Å². The third kappa shape index (κ3) is 1.42. The van der Waals surface area contributed by atoms with Crippen LogP contribution in [-0.4, -0.2) is 21.1 Å². The molecule has 1 heterocycles. The summed E-state index contributed by atoms with van der Waals surface area (Å²) in [6.45, 7) is 0. The molecule has 0 radical (unpaired) electrons. The van der Waals surface area contributed by atoms with Crippen LogP contribution >= 0.6 is 11.3 Å². The Hall–Kier alpha value is -0.700. The van der Waals surface area contributed by atoms with Crippen molar-refractivity contribution in [1.29, 1.82) is 0 Å². The topological polar surface area (TPSA) is 15.3 Å². The van der Waals surface area contributed by atoms with Gasteiger partial charge in [-0.05, 0) is 12.1 Å². The lowest BCUT2D eigenvalue weighted by Crippen LogP contribution is -2.05. The van der Waals surface area contributed by atoms with Crippen LogP contribution in [-0.2, 0) is 0 Å². The molecular formula is C7H12N2S. The van der Waals surface area contributed by atoms with Crippen molar-refractivity contribution < 1.29 is 0 Å². The first-order valence-electron chi connectivity index (χ1n) is 3.19. The predicted octanol–water partition coefficient (Wildman–Crippen LogP) is 1.86. The number of anilines is 2. The van der Waals surface area contributed by atoms with Gasteiger partial charge in [0, 0.05) is 21.1 Å². The standard InChI is InChI=1S/C7H12N2S/c1-8-6-4-5-7(10-6)9(2)3/h4-5,8H,1-3H3. The van der Waals surface area contributed by atoms with Crippen LogP contribution in [0.2, 0.25) is 0 Å².